The molecule has 0 aliphatic heterocycles. The predicted octanol–water partition coefficient (Wildman–Crippen LogP) is 12.3. The van der Waals surface area contributed by atoms with Gasteiger partial charge in [-0.05, 0) is 59.1 Å². The standard InChI is InChI=1S/C25H15N2O.C24H28NSi.Ir/c1-2-9-17(10-3-1)27-22-15-6-5-14-21(22)26-25(27)20-13-8-12-19-18-11-4-7-16-23(18)28-24(19)20;1-18(2)14-22-16-23(25-17-24(22)26(3,4)5)21-13-9-12-20(15-21)19-10-7-6-8-11-19;/h1-12,14-16H;6-12,15-18H,14H2,1-5H3;/q2*-1;. The van der Waals surface area contributed by atoms with Crippen molar-refractivity contribution < 1.29 is 24.5 Å². The predicted molar refractivity (Wildman–Crippen MR) is 228 cm³/mol. The largest absolute Gasteiger partial charge is 0.501 e. The minimum atomic E-state index is -1.40. The number of furan rings is 1. The number of pyridine rings is 1. The molecule has 0 aliphatic rings. The maximum absolute atomic E-state index is 6.24. The van der Waals surface area contributed by atoms with Gasteiger partial charge in [0.1, 0.15) is 5.58 Å². The van der Waals surface area contributed by atoms with Gasteiger partial charge >= 0.3 is 0 Å². The van der Waals surface area contributed by atoms with E-state index in [9.17, 15) is 0 Å². The number of hydrogen-bond acceptors (Lipinski definition) is 3. The summed E-state index contributed by atoms with van der Waals surface area (Å²) in [6, 6.07) is 56.5. The molecule has 6 aromatic carbocycles. The molecule has 0 saturated heterocycles. The fourth-order valence-electron chi connectivity index (χ4n) is 7.24. The van der Waals surface area contributed by atoms with Crippen molar-refractivity contribution in [2.45, 2.75) is 39.9 Å². The van der Waals surface area contributed by atoms with Crippen molar-refractivity contribution in [3.05, 3.63) is 169 Å². The molecular weight excluding hydrogens is 867 g/mol. The third-order valence-electron chi connectivity index (χ3n) is 9.75. The third-order valence-corrected chi connectivity index (χ3v) is 11.8. The first-order chi connectivity index (χ1) is 26.2. The van der Waals surface area contributed by atoms with Crippen LogP contribution in [0.3, 0.4) is 0 Å². The van der Waals surface area contributed by atoms with E-state index in [1.807, 2.05) is 72.8 Å². The Kier molecular flexibility index (Phi) is 11.1. The number of benzene rings is 6. The number of nitrogens with zero attached hydrogens (tertiary/aromatic N) is 3. The molecule has 4 nitrogen and oxygen atoms in total. The van der Waals surface area contributed by atoms with E-state index in [1.165, 1.54) is 21.9 Å². The Morgan fingerprint density at radius 2 is 1.40 bits per heavy atom. The molecule has 3 heterocycles. The molecular formula is C49H43IrN3OSi-2. The van der Waals surface area contributed by atoms with Gasteiger partial charge in [0.2, 0.25) is 0 Å². The summed E-state index contributed by atoms with van der Waals surface area (Å²) in [5, 5.41) is 3.67. The Labute approximate surface area is 338 Å². The normalized spacial score (nSPS) is 11.5. The second-order valence-corrected chi connectivity index (χ2v) is 20.3. The molecule has 9 aromatic rings. The second kappa shape index (κ2) is 16.1. The van der Waals surface area contributed by atoms with E-state index < -0.39 is 8.07 Å². The summed E-state index contributed by atoms with van der Waals surface area (Å²) in [5.74, 6) is 1.47. The van der Waals surface area contributed by atoms with Crippen molar-refractivity contribution in [1.29, 1.82) is 0 Å². The van der Waals surface area contributed by atoms with Crippen molar-refractivity contribution in [2.24, 2.45) is 5.92 Å². The van der Waals surface area contributed by atoms with Crippen LogP contribution in [-0.4, -0.2) is 22.6 Å². The smallest absolute Gasteiger partial charge is 0.120 e. The Bertz CT molecular complexity index is 2710. The maximum Gasteiger partial charge on any atom is 0.120 e. The summed E-state index contributed by atoms with van der Waals surface area (Å²) in [7, 11) is -1.40. The van der Waals surface area contributed by atoms with E-state index in [1.54, 1.807) is 0 Å². The molecule has 0 saturated carbocycles. The van der Waals surface area contributed by atoms with E-state index in [2.05, 4.69) is 129 Å². The Morgan fingerprint density at radius 1 is 0.709 bits per heavy atom. The maximum atomic E-state index is 6.24. The number of hydrogen-bond donors (Lipinski definition) is 0. The van der Waals surface area contributed by atoms with Gasteiger partial charge in [0.05, 0.1) is 30.5 Å². The Balaban J connectivity index is 0.000000167. The van der Waals surface area contributed by atoms with Crippen molar-refractivity contribution in [3.8, 4) is 39.5 Å². The monoisotopic (exact) mass is 910 g/mol. The van der Waals surface area contributed by atoms with Gasteiger partial charge < -0.3 is 14.0 Å². The summed E-state index contributed by atoms with van der Waals surface area (Å²) in [4.78, 5) is 9.77. The minimum Gasteiger partial charge on any atom is -0.501 e. The third kappa shape index (κ3) is 7.90. The van der Waals surface area contributed by atoms with Gasteiger partial charge in [-0.25, -0.2) is 0 Å². The molecule has 0 atom stereocenters. The van der Waals surface area contributed by atoms with Gasteiger partial charge in [0.15, 0.2) is 0 Å². The van der Waals surface area contributed by atoms with Gasteiger partial charge in [-0.15, -0.1) is 53.6 Å². The van der Waals surface area contributed by atoms with Crippen LogP contribution >= 0.6 is 0 Å². The zero-order valence-corrected chi connectivity index (χ0v) is 35.2. The zero-order valence-electron chi connectivity index (χ0n) is 31.8. The quantitative estimate of drug-likeness (QED) is 0.118. The first-order valence-electron chi connectivity index (χ1n) is 18.7. The van der Waals surface area contributed by atoms with Crippen LogP contribution in [0.1, 0.15) is 19.4 Å². The molecule has 0 bridgehead atoms. The number of imidazole rings is 1. The molecule has 6 heteroatoms. The van der Waals surface area contributed by atoms with Gasteiger partial charge in [-0.3, -0.25) is 4.98 Å². The average Bonchev–Trinajstić information content (AvgIpc) is 3.77. The number of aromatic nitrogens is 3. The van der Waals surface area contributed by atoms with E-state index in [-0.39, 0.29) is 20.1 Å². The number of para-hydroxylation sites is 4. The zero-order chi connectivity index (χ0) is 37.2. The van der Waals surface area contributed by atoms with Crippen LogP contribution in [0.15, 0.2) is 156 Å². The van der Waals surface area contributed by atoms with Crippen LogP contribution in [0.5, 0.6) is 0 Å². The molecule has 55 heavy (non-hydrogen) atoms. The van der Waals surface area contributed by atoms with Gasteiger partial charge in [0, 0.05) is 37.4 Å². The molecule has 275 valence electrons. The number of fused-ring (bicyclic) bond motifs is 4. The molecule has 3 aromatic heterocycles. The van der Waals surface area contributed by atoms with Crippen LogP contribution in [0, 0.1) is 18.1 Å². The molecule has 0 N–H and O–H groups in total. The molecule has 0 amide bonds. The minimum absolute atomic E-state index is 0. The fraction of sp³-hybridized carbons (Fsp3) is 0.143. The van der Waals surface area contributed by atoms with Gasteiger partial charge in [-0.1, -0.05) is 135 Å². The molecule has 0 spiro atoms. The topological polar surface area (TPSA) is 43.9 Å². The van der Waals surface area contributed by atoms with Crippen LogP contribution in [-0.2, 0) is 26.5 Å². The summed E-state index contributed by atoms with van der Waals surface area (Å²) in [6.07, 6.45) is 3.23. The van der Waals surface area contributed by atoms with E-state index >= 15 is 0 Å². The summed E-state index contributed by atoms with van der Waals surface area (Å²) in [5.41, 5.74) is 11.6. The first kappa shape index (κ1) is 37.9. The van der Waals surface area contributed by atoms with Crippen molar-refractivity contribution in [1.82, 2.24) is 14.5 Å². The molecule has 0 fully saturated rings. The summed E-state index contributed by atoms with van der Waals surface area (Å²) >= 11 is 0. The van der Waals surface area contributed by atoms with Crippen LogP contribution in [0.4, 0.5) is 0 Å². The van der Waals surface area contributed by atoms with Crippen LogP contribution < -0.4 is 5.19 Å². The molecule has 9 rings (SSSR count). The van der Waals surface area contributed by atoms with E-state index in [4.69, 9.17) is 14.4 Å². The Morgan fingerprint density at radius 3 is 2.16 bits per heavy atom. The van der Waals surface area contributed by atoms with Crippen LogP contribution in [0.25, 0.3) is 72.4 Å². The van der Waals surface area contributed by atoms with Crippen LogP contribution in [0.2, 0.25) is 19.6 Å². The molecule has 0 unspecified atom stereocenters. The molecule has 1 radical (unpaired) electrons. The summed E-state index contributed by atoms with van der Waals surface area (Å²) in [6.45, 7) is 11.8. The van der Waals surface area contributed by atoms with E-state index in [0.29, 0.717) is 5.92 Å². The van der Waals surface area contributed by atoms with Crippen molar-refractivity contribution in [2.75, 3.05) is 0 Å². The first-order valence-corrected chi connectivity index (χ1v) is 22.2. The fourth-order valence-corrected chi connectivity index (χ4v) is 8.83. The SMILES string of the molecule is CC(C)Cc1cc(-c2[c-]ccc(-c3ccccc3)c2)ncc1[Si](C)(C)C.[Ir].[c-]1ccc2c(oc3ccccc32)c1-c1nc2ccccc2n1-c1ccccc1. The van der Waals surface area contributed by atoms with Crippen molar-refractivity contribution >= 4 is 46.2 Å². The van der Waals surface area contributed by atoms with E-state index in [0.717, 1.165) is 67.7 Å². The van der Waals surface area contributed by atoms with Gasteiger partial charge in [0.25, 0.3) is 0 Å². The Hall–Kier alpha value is -5.39. The average molecular weight is 910 g/mol. The molecule has 0 aliphatic carbocycles. The van der Waals surface area contributed by atoms with Gasteiger partial charge in [-0.2, -0.15) is 0 Å². The second-order valence-electron chi connectivity index (χ2n) is 15.2. The van der Waals surface area contributed by atoms with Crippen molar-refractivity contribution in [3.63, 3.8) is 0 Å². The summed E-state index contributed by atoms with van der Waals surface area (Å²) < 4.78 is 8.41. The number of rotatable bonds is 7.